The Balaban J connectivity index is 1.21. The lowest BCUT2D eigenvalue weighted by atomic mass is 9.78. The molecule has 4 N–H and O–H groups in total. The lowest BCUT2D eigenvalue weighted by Gasteiger charge is -2.47. The van der Waals surface area contributed by atoms with Crippen molar-refractivity contribution in [3.63, 3.8) is 0 Å². The summed E-state index contributed by atoms with van der Waals surface area (Å²) in [6.45, 7) is 4.55. The lowest BCUT2D eigenvalue weighted by Crippen LogP contribution is -2.66. The highest BCUT2D eigenvalue weighted by Crippen LogP contribution is 2.65. The highest BCUT2D eigenvalue weighted by Gasteiger charge is 2.69. The molecule has 0 radical (unpaired) electrons. The largest absolute Gasteiger partial charge is 0.347 e. The van der Waals surface area contributed by atoms with Crippen LogP contribution in [-0.4, -0.2) is 90.1 Å². The Hall–Kier alpha value is -2.70. The minimum Gasteiger partial charge on any atom is -0.347 e. The topological polar surface area (TPSA) is 171 Å². The van der Waals surface area contributed by atoms with Crippen molar-refractivity contribution in [1.82, 2.24) is 26.2 Å². The van der Waals surface area contributed by atoms with E-state index in [4.69, 9.17) is 0 Å². The van der Waals surface area contributed by atoms with E-state index in [1.165, 1.54) is 0 Å². The molecule has 3 aliphatic heterocycles. The number of hydrogen-bond acceptors (Lipinski definition) is 7. The van der Waals surface area contributed by atoms with Gasteiger partial charge in [-0.25, -0.2) is 13.2 Å². The van der Waals surface area contributed by atoms with Crippen molar-refractivity contribution in [3.8, 4) is 0 Å². The molecule has 13 heteroatoms. The molecule has 6 atom stereocenters. The van der Waals surface area contributed by atoms with Crippen LogP contribution in [0.3, 0.4) is 0 Å². The normalized spacial score (nSPS) is 34.5. The van der Waals surface area contributed by atoms with Crippen LogP contribution in [0.25, 0.3) is 0 Å². The van der Waals surface area contributed by atoms with Crippen molar-refractivity contribution >= 4 is 39.4 Å². The molecule has 6 aliphatic rings. The predicted molar refractivity (Wildman–Crippen MR) is 184 cm³/mol. The van der Waals surface area contributed by atoms with Gasteiger partial charge in [-0.05, 0) is 62.2 Å². The van der Waals surface area contributed by atoms with Gasteiger partial charge in [-0.2, -0.15) is 0 Å². The van der Waals surface area contributed by atoms with Crippen LogP contribution >= 0.6 is 0 Å². The molecule has 0 aromatic rings. The van der Waals surface area contributed by atoms with Crippen molar-refractivity contribution in [2.75, 3.05) is 12.3 Å². The van der Waals surface area contributed by atoms with Crippen LogP contribution in [-0.2, 0) is 29.0 Å². The van der Waals surface area contributed by atoms with Gasteiger partial charge in [0.25, 0.3) is 5.91 Å². The Kier molecular flexibility index (Phi) is 10.7. The summed E-state index contributed by atoms with van der Waals surface area (Å²) in [5.41, 5.74) is -1.00. The summed E-state index contributed by atoms with van der Waals surface area (Å²) in [6.07, 6.45) is 14.2. The molecule has 49 heavy (non-hydrogen) atoms. The fraction of sp³-hybridized carbons (Fsp3) is 0.861. The van der Waals surface area contributed by atoms with Gasteiger partial charge in [-0.1, -0.05) is 84.5 Å². The van der Waals surface area contributed by atoms with Crippen LogP contribution in [0.5, 0.6) is 0 Å². The number of carbonyl (C=O) groups excluding carboxylic acids is 5. The van der Waals surface area contributed by atoms with E-state index in [-0.39, 0.29) is 35.0 Å². The van der Waals surface area contributed by atoms with Gasteiger partial charge in [0.15, 0.2) is 9.84 Å². The maximum Gasteiger partial charge on any atom is 0.315 e. The van der Waals surface area contributed by atoms with E-state index in [1.54, 1.807) is 4.90 Å². The minimum atomic E-state index is -3.27. The van der Waals surface area contributed by atoms with E-state index >= 15 is 0 Å². The van der Waals surface area contributed by atoms with Gasteiger partial charge in [0.1, 0.15) is 12.1 Å². The van der Waals surface area contributed by atoms with Crippen molar-refractivity contribution in [2.24, 2.45) is 17.3 Å². The number of piperidine rings is 1. The van der Waals surface area contributed by atoms with E-state index in [2.05, 4.69) is 35.1 Å². The molecule has 3 aliphatic carbocycles. The van der Waals surface area contributed by atoms with Crippen LogP contribution in [0, 0.1) is 17.3 Å². The van der Waals surface area contributed by atoms with E-state index in [0.29, 0.717) is 45.1 Å². The average Bonchev–Trinajstić information content (AvgIpc) is 3.90. The van der Waals surface area contributed by atoms with Crippen LogP contribution in [0.4, 0.5) is 4.79 Å². The van der Waals surface area contributed by atoms with Crippen LogP contribution in [0.15, 0.2) is 0 Å². The SMILES string of the molecule is CC1(C)[C@@H]2[C@H]3C(=O)N[C@@H](C(=O)C(=O)NC4CC4)CCCCCCCCCC[C@@H](NC(=O)NC4([C@H]5CCS5(=O)=O)CCCCC4)C(=O)N3C[C@@H]21. The Morgan fingerprint density at radius 3 is 2.00 bits per heavy atom. The number of ketones is 1. The zero-order valence-electron chi connectivity index (χ0n) is 29.4. The second-order valence-corrected chi connectivity index (χ2v) is 18.8. The molecular weight excluding hydrogens is 646 g/mol. The monoisotopic (exact) mass is 703 g/mol. The number of urea groups is 1. The summed E-state index contributed by atoms with van der Waals surface area (Å²) in [7, 11) is -3.27. The molecule has 0 bridgehead atoms. The third-order valence-corrected chi connectivity index (χ3v) is 15.0. The first-order valence-corrected chi connectivity index (χ1v) is 20.8. The van der Waals surface area contributed by atoms with Crippen molar-refractivity contribution < 1.29 is 32.4 Å². The molecule has 0 aromatic heterocycles. The molecular formula is C36H57N5O7S. The van der Waals surface area contributed by atoms with Gasteiger partial charge in [-0.15, -0.1) is 0 Å². The standard InChI is InChI=1S/C36H57N5O7S/c1-35(2)24-22-41-29(28(24)35)31(43)38-25(30(42)32(44)37-23-16-17-23)14-10-7-5-3-4-6-8-11-15-26(33(41)45)39-34(46)40-36(19-12-9-13-20-36)27-18-21-49(27,47)48/h23-29H,3-22H2,1-2H3,(H,37,44)(H,38,43)(H2,39,40,46)/t24-,25+,26+,27+,28-,29-/m0/s1. The molecule has 274 valence electrons. The third-order valence-electron chi connectivity index (χ3n) is 12.7. The molecule has 6 fully saturated rings. The number of carbonyl (C=O) groups is 5. The summed E-state index contributed by atoms with van der Waals surface area (Å²) in [4.78, 5) is 70.1. The molecule has 5 amide bonds. The second-order valence-electron chi connectivity index (χ2n) is 16.5. The zero-order valence-corrected chi connectivity index (χ0v) is 30.2. The zero-order chi connectivity index (χ0) is 35.0. The maximum absolute atomic E-state index is 14.4. The second kappa shape index (κ2) is 14.5. The van der Waals surface area contributed by atoms with Gasteiger partial charge < -0.3 is 26.2 Å². The molecule has 12 nitrogen and oxygen atoms in total. The Morgan fingerprint density at radius 1 is 0.796 bits per heavy atom. The number of Topliss-reactive ketones (excluding diaryl/α,β-unsaturated/α-hetero) is 1. The summed E-state index contributed by atoms with van der Waals surface area (Å²) in [5, 5.41) is 11.1. The van der Waals surface area contributed by atoms with Gasteiger partial charge in [-0.3, -0.25) is 19.2 Å². The predicted octanol–water partition coefficient (Wildman–Crippen LogP) is 3.27. The Labute approximate surface area is 291 Å². The van der Waals surface area contributed by atoms with Crippen molar-refractivity contribution in [1.29, 1.82) is 0 Å². The van der Waals surface area contributed by atoms with Crippen molar-refractivity contribution in [3.05, 3.63) is 0 Å². The van der Waals surface area contributed by atoms with E-state index in [0.717, 1.165) is 77.0 Å². The molecule has 0 spiro atoms. The number of rotatable bonds is 6. The first-order chi connectivity index (χ1) is 23.3. The number of sulfone groups is 1. The van der Waals surface area contributed by atoms with Gasteiger partial charge in [0.2, 0.25) is 17.6 Å². The number of fused-ring (bicyclic) bond motifs is 3. The van der Waals surface area contributed by atoms with Crippen LogP contribution < -0.4 is 21.3 Å². The maximum atomic E-state index is 14.4. The molecule has 0 aromatic carbocycles. The van der Waals surface area contributed by atoms with E-state index in [9.17, 15) is 32.4 Å². The minimum absolute atomic E-state index is 0.0194. The molecule has 3 heterocycles. The van der Waals surface area contributed by atoms with Crippen LogP contribution in [0.1, 0.15) is 129 Å². The summed E-state index contributed by atoms with van der Waals surface area (Å²) in [5.74, 6) is -1.91. The lowest BCUT2D eigenvalue weighted by molar-refractivity contribution is -0.144. The number of amides is 5. The highest BCUT2D eigenvalue weighted by atomic mass is 32.2. The average molecular weight is 704 g/mol. The third kappa shape index (κ3) is 7.81. The molecule has 3 saturated heterocycles. The number of hydrogen-bond donors (Lipinski definition) is 4. The summed E-state index contributed by atoms with van der Waals surface area (Å²) >= 11 is 0. The highest BCUT2D eigenvalue weighted by molar-refractivity contribution is 7.93. The van der Waals surface area contributed by atoms with Gasteiger partial charge in [0, 0.05) is 12.6 Å². The van der Waals surface area contributed by atoms with E-state index in [1.807, 2.05) is 0 Å². The Morgan fingerprint density at radius 2 is 1.41 bits per heavy atom. The number of nitrogens with one attached hydrogen (secondary N) is 4. The smallest absolute Gasteiger partial charge is 0.315 e. The fourth-order valence-corrected chi connectivity index (χ4v) is 11.2. The molecule has 3 saturated carbocycles. The van der Waals surface area contributed by atoms with Gasteiger partial charge >= 0.3 is 6.03 Å². The van der Waals surface area contributed by atoms with Gasteiger partial charge in [0.05, 0.1) is 22.6 Å². The fourth-order valence-electron chi connectivity index (χ4n) is 9.38. The van der Waals surface area contributed by atoms with Crippen molar-refractivity contribution in [2.45, 2.75) is 164 Å². The Bertz CT molecular complexity index is 1410. The van der Waals surface area contributed by atoms with Crippen LogP contribution in [0.2, 0.25) is 0 Å². The molecule has 6 rings (SSSR count). The summed E-state index contributed by atoms with van der Waals surface area (Å²) in [6, 6.07) is -3.18. The summed E-state index contributed by atoms with van der Waals surface area (Å²) < 4.78 is 25.5. The quantitative estimate of drug-likeness (QED) is 0.308. The first kappa shape index (κ1) is 36.1. The molecule has 0 unspecified atom stereocenters. The number of nitrogens with zero attached hydrogens (tertiary/aromatic N) is 1. The first-order valence-electron chi connectivity index (χ1n) is 19.1. The van der Waals surface area contributed by atoms with E-state index < -0.39 is 62.4 Å².